The maximum atomic E-state index is 13.5. The molecular formula is C16H13ClFNO2. The van der Waals surface area contributed by atoms with E-state index in [1.54, 1.807) is 24.3 Å². The topological polar surface area (TPSA) is 40.5 Å². The Morgan fingerprint density at radius 3 is 2.90 bits per heavy atom. The quantitative estimate of drug-likeness (QED) is 0.939. The summed E-state index contributed by atoms with van der Waals surface area (Å²) >= 11 is 5.98. The van der Waals surface area contributed by atoms with Crippen molar-refractivity contribution in [1.82, 2.24) is 0 Å². The van der Waals surface area contributed by atoms with Crippen molar-refractivity contribution in [3.63, 3.8) is 0 Å². The average Bonchev–Trinajstić information content (AvgIpc) is 2.86. The Morgan fingerprint density at radius 2 is 2.14 bits per heavy atom. The number of nitrogens with zero attached hydrogens (tertiary/aromatic N) is 1. The largest absolute Gasteiger partial charge is 0.478 e. The second kappa shape index (κ2) is 5.37. The highest BCUT2D eigenvalue weighted by molar-refractivity contribution is 6.31. The highest BCUT2D eigenvalue weighted by Gasteiger charge is 2.21. The third kappa shape index (κ3) is 2.59. The SMILES string of the molecule is O=C(O)c1ccc2c(c1)N(Cc1cccc(F)c1Cl)CC2. The molecule has 0 atom stereocenters. The Bertz CT molecular complexity index is 717. The van der Waals surface area contributed by atoms with Gasteiger partial charge in [-0.05, 0) is 35.7 Å². The smallest absolute Gasteiger partial charge is 0.335 e. The first-order valence-electron chi connectivity index (χ1n) is 6.60. The number of hydrogen-bond acceptors (Lipinski definition) is 2. The van der Waals surface area contributed by atoms with Crippen LogP contribution in [0.1, 0.15) is 21.5 Å². The molecule has 1 aliphatic heterocycles. The maximum absolute atomic E-state index is 13.5. The first-order chi connectivity index (χ1) is 10.1. The number of benzene rings is 2. The summed E-state index contributed by atoms with van der Waals surface area (Å²) in [5.74, 6) is -1.39. The molecular weight excluding hydrogens is 293 g/mol. The molecule has 0 saturated heterocycles. The fraction of sp³-hybridized carbons (Fsp3) is 0.188. The Hall–Kier alpha value is -2.07. The Balaban J connectivity index is 1.92. The molecule has 21 heavy (non-hydrogen) atoms. The minimum absolute atomic E-state index is 0.125. The molecule has 3 nitrogen and oxygen atoms in total. The fourth-order valence-electron chi connectivity index (χ4n) is 2.62. The summed E-state index contributed by atoms with van der Waals surface area (Å²) in [5.41, 5.74) is 2.94. The van der Waals surface area contributed by atoms with Crippen molar-refractivity contribution in [2.24, 2.45) is 0 Å². The third-order valence-electron chi connectivity index (χ3n) is 3.72. The van der Waals surface area contributed by atoms with Crippen molar-refractivity contribution in [3.8, 4) is 0 Å². The fourth-order valence-corrected chi connectivity index (χ4v) is 2.80. The molecule has 0 radical (unpaired) electrons. The van der Waals surface area contributed by atoms with Gasteiger partial charge in [-0.1, -0.05) is 29.8 Å². The van der Waals surface area contributed by atoms with Gasteiger partial charge in [0, 0.05) is 18.8 Å². The lowest BCUT2D eigenvalue weighted by molar-refractivity contribution is 0.0697. The molecule has 0 fully saturated rings. The van der Waals surface area contributed by atoms with Gasteiger partial charge in [-0.3, -0.25) is 0 Å². The van der Waals surface area contributed by atoms with Crippen molar-refractivity contribution in [3.05, 3.63) is 63.9 Å². The van der Waals surface area contributed by atoms with Crippen molar-refractivity contribution in [2.75, 3.05) is 11.4 Å². The summed E-state index contributed by atoms with van der Waals surface area (Å²) in [6, 6.07) is 9.85. The van der Waals surface area contributed by atoms with Crippen molar-refractivity contribution in [2.45, 2.75) is 13.0 Å². The van der Waals surface area contributed by atoms with Crippen LogP contribution in [0, 0.1) is 5.82 Å². The number of carbonyl (C=O) groups is 1. The standard InChI is InChI=1S/C16H13ClFNO2/c17-15-12(2-1-3-13(15)18)9-19-7-6-10-4-5-11(16(20)21)8-14(10)19/h1-5,8H,6-7,9H2,(H,20,21). The predicted molar refractivity (Wildman–Crippen MR) is 79.6 cm³/mol. The van der Waals surface area contributed by atoms with Crippen LogP contribution in [0.5, 0.6) is 0 Å². The van der Waals surface area contributed by atoms with Gasteiger partial charge in [0.25, 0.3) is 0 Å². The summed E-state index contributed by atoms with van der Waals surface area (Å²) in [4.78, 5) is 13.1. The van der Waals surface area contributed by atoms with Crippen molar-refractivity contribution < 1.29 is 14.3 Å². The van der Waals surface area contributed by atoms with E-state index >= 15 is 0 Å². The molecule has 0 amide bonds. The van der Waals surface area contributed by atoms with Crippen LogP contribution in [0.15, 0.2) is 36.4 Å². The van der Waals surface area contributed by atoms with Gasteiger partial charge in [0.15, 0.2) is 0 Å². The number of hydrogen-bond donors (Lipinski definition) is 1. The first kappa shape index (κ1) is 13.9. The number of anilines is 1. The molecule has 3 rings (SSSR count). The number of fused-ring (bicyclic) bond motifs is 1. The van der Waals surface area contributed by atoms with E-state index in [0.717, 1.165) is 24.2 Å². The van der Waals surface area contributed by atoms with E-state index in [0.29, 0.717) is 12.1 Å². The molecule has 0 saturated carbocycles. The highest BCUT2D eigenvalue weighted by Crippen LogP contribution is 2.32. The molecule has 5 heteroatoms. The van der Waals surface area contributed by atoms with E-state index in [1.165, 1.54) is 6.07 Å². The lowest BCUT2D eigenvalue weighted by Crippen LogP contribution is -2.20. The van der Waals surface area contributed by atoms with E-state index < -0.39 is 11.8 Å². The van der Waals surface area contributed by atoms with Crippen LogP contribution in [0.2, 0.25) is 5.02 Å². The van der Waals surface area contributed by atoms with Gasteiger partial charge in [-0.2, -0.15) is 0 Å². The van der Waals surface area contributed by atoms with Crippen molar-refractivity contribution >= 4 is 23.3 Å². The monoisotopic (exact) mass is 305 g/mol. The molecule has 0 aliphatic carbocycles. The molecule has 2 aromatic carbocycles. The molecule has 108 valence electrons. The van der Waals surface area contributed by atoms with Gasteiger partial charge in [0.1, 0.15) is 5.82 Å². The summed E-state index contributed by atoms with van der Waals surface area (Å²) < 4.78 is 13.5. The number of carboxylic acids is 1. The first-order valence-corrected chi connectivity index (χ1v) is 6.98. The maximum Gasteiger partial charge on any atom is 0.335 e. The molecule has 0 bridgehead atoms. The van der Waals surface area contributed by atoms with Crippen LogP contribution in [-0.4, -0.2) is 17.6 Å². The number of halogens is 2. The zero-order chi connectivity index (χ0) is 15.0. The number of carboxylic acid groups (broad SMARTS) is 1. The molecule has 2 aromatic rings. The summed E-state index contributed by atoms with van der Waals surface area (Å²) in [7, 11) is 0. The van der Waals surface area contributed by atoms with Crippen LogP contribution in [0.25, 0.3) is 0 Å². The molecule has 0 spiro atoms. The lowest BCUT2D eigenvalue weighted by Gasteiger charge is -2.20. The van der Waals surface area contributed by atoms with E-state index in [2.05, 4.69) is 0 Å². The van der Waals surface area contributed by atoms with Crippen LogP contribution >= 0.6 is 11.6 Å². The van der Waals surface area contributed by atoms with E-state index in [-0.39, 0.29) is 10.6 Å². The summed E-state index contributed by atoms with van der Waals surface area (Å²) in [6.07, 6.45) is 0.849. The third-order valence-corrected chi connectivity index (χ3v) is 4.14. The number of rotatable bonds is 3. The van der Waals surface area contributed by atoms with Gasteiger partial charge in [-0.25, -0.2) is 9.18 Å². The summed E-state index contributed by atoms with van der Waals surface area (Å²) in [6.45, 7) is 1.23. The average molecular weight is 306 g/mol. The van der Waals surface area contributed by atoms with E-state index in [4.69, 9.17) is 16.7 Å². The van der Waals surface area contributed by atoms with Gasteiger partial charge in [-0.15, -0.1) is 0 Å². The zero-order valence-electron chi connectivity index (χ0n) is 11.1. The molecule has 1 aliphatic rings. The Kier molecular flexibility index (Phi) is 3.55. The molecule has 0 aromatic heterocycles. The highest BCUT2D eigenvalue weighted by atomic mass is 35.5. The van der Waals surface area contributed by atoms with Gasteiger partial charge in [0.05, 0.1) is 10.6 Å². The second-order valence-electron chi connectivity index (χ2n) is 5.03. The van der Waals surface area contributed by atoms with Crippen LogP contribution in [-0.2, 0) is 13.0 Å². The van der Waals surface area contributed by atoms with Gasteiger partial charge < -0.3 is 10.0 Å². The van der Waals surface area contributed by atoms with Gasteiger partial charge in [0.2, 0.25) is 0 Å². The minimum atomic E-state index is -0.951. The summed E-state index contributed by atoms with van der Waals surface area (Å²) in [5, 5.41) is 9.21. The van der Waals surface area contributed by atoms with E-state index in [1.807, 2.05) is 11.0 Å². The Labute approximate surface area is 126 Å². The van der Waals surface area contributed by atoms with E-state index in [9.17, 15) is 9.18 Å². The van der Waals surface area contributed by atoms with Gasteiger partial charge >= 0.3 is 5.97 Å². The molecule has 1 N–H and O–H groups in total. The molecule has 1 heterocycles. The minimum Gasteiger partial charge on any atom is -0.478 e. The van der Waals surface area contributed by atoms with Crippen LogP contribution in [0.4, 0.5) is 10.1 Å². The normalized spacial score (nSPS) is 13.3. The zero-order valence-corrected chi connectivity index (χ0v) is 11.9. The van der Waals surface area contributed by atoms with Crippen LogP contribution < -0.4 is 4.90 Å². The van der Waals surface area contributed by atoms with Crippen LogP contribution in [0.3, 0.4) is 0 Å². The number of aromatic carboxylic acids is 1. The lowest BCUT2D eigenvalue weighted by atomic mass is 10.1. The second-order valence-corrected chi connectivity index (χ2v) is 5.41. The Morgan fingerprint density at radius 1 is 1.33 bits per heavy atom. The predicted octanol–water partition coefficient (Wildman–Crippen LogP) is 3.74. The molecule has 0 unspecified atom stereocenters. The van der Waals surface area contributed by atoms with Crippen molar-refractivity contribution in [1.29, 1.82) is 0 Å².